The lowest BCUT2D eigenvalue weighted by Crippen LogP contribution is -2.51. The Balaban J connectivity index is 1.52. The van der Waals surface area contributed by atoms with Gasteiger partial charge in [-0.05, 0) is 53.7 Å². The predicted octanol–water partition coefficient (Wildman–Crippen LogP) is 2.81. The minimum absolute atomic E-state index is 0.0843. The van der Waals surface area contributed by atoms with E-state index in [0.29, 0.717) is 41.4 Å². The van der Waals surface area contributed by atoms with Crippen LogP contribution in [0.5, 0.6) is 0 Å². The second-order valence-electron chi connectivity index (χ2n) is 6.77. The summed E-state index contributed by atoms with van der Waals surface area (Å²) in [5, 5.41) is 6.78. The maximum Gasteiger partial charge on any atom is 0.324 e. The van der Waals surface area contributed by atoms with Crippen molar-refractivity contribution in [2.24, 2.45) is 0 Å². The number of anilines is 1. The molecule has 2 aliphatic rings. The van der Waals surface area contributed by atoms with Crippen LogP contribution < -0.4 is 10.6 Å². The van der Waals surface area contributed by atoms with Gasteiger partial charge in [-0.15, -0.1) is 0 Å². The van der Waals surface area contributed by atoms with E-state index in [9.17, 15) is 14.0 Å². The van der Waals surface area contributed by atoms with Gasteiger partial charge in [0.25, 0.3) is 5.91 Å². The van der Waals surface area contributed by atoms with Crippen molar-refractivity contribution in [1.82, 2.24) is 20.2 Å². The second kappa shape index (κ2) is 6.15. The van der Waals surface area contributed by atoms with E-state index >= 15 is 0 Å². The summed E-state index contributed by atoms with van der Waals surface area (Å²) >= 11 is 3.16. The lowest BCUT2D eigenvalue weighted by molar-refractivity contribution is -0.131. The number of carbonyl (C=O) groups excluding carboxylic acids is 2. The van der Waals surface area contributed by atoms with Crippen LogP contribution >= 0.6 is 15.9 Å². The molecule has 136 valence electrons. The molecular formula is C17H17BrFN5O2. The Labute approximate surface area is 157 Å². The van der Waals surface area contributed by atoms with E-state index < -0.39 is 11.4 Å². The summed E-state index contributed by atoms with van der Waals surface area (Å²) in [7, 11) is 1.50. The monoisotopic (exact) mass is 421 g/mol. The highest BCUT2D eigenvalue weighted by molar-refractivity contribution is 9.10. The molecule has 3 amide bonds. The van der Waals surface area contributed by atoms with Gasteiger partial charge in [-0.1, -0.05) is 0 Å². The highest BCUT2D eigenvalue weighted by Crippen LogP contribution is 2.35. The molecule has 0 unspecified atom stereocenters. The van der Waals surface area contributed by atoms with E-state index in [-0.39, 0.29) is 23.5 Å². The van der Waals surface area contributed by atoms with E-state index in [0.717, 1.165) is 4.90 Å². The standard InChI is InChI=1S/C17H17BrFN5O2/c1-24-15(25)17(23-16(24)26)6-4-9(5-7-17)22-14-10-2-3-11(18)12(19)13(10)20-8-21-14/h2-3,8-9H,4-7H2,1H3,(H,23,26)(H,20,21,22). The van der Waals surface area contributed by atoms with E-state index in [4.69, 9.17) is 0 Å². The molecular weight excluding hydrogens is 405 g/mol. The average molecular weight is 422 g/mol. The number of nitrogens with one attached hydrogen (secondary N) is 2. The van der Waals surface area contributed by atoms with Gasteiger partial charge in [-0.3, -0.25) is 9.69 Å². The number of aromatic nitrogens is 2. The number of hydrogen-bond acceptors (Lipinski definition) is 5. The zero-order chi connectivity index (χ0) is 18.5. The van der Waals surface area contributed by atoms with Gasteiger partial charge in [-0.2, -0.15) is 0 Å². The van der Waals surface area contributed by atoms with Crippen molar-refractivity contribution >= 4 is 44.6 Å². The molecule has 1 spiro atoms. The Morgan fingerprint density at radius 3 is 2.69 bits per heavy atom. The summed E-state index contributed by atoms with van der Waals surface area (Å²) in [6, 6.07) is 3.14. The number of urea groups is 1. The number of rotatable bonds is 2. The number of fused-ring (bicyclic) bond motifs is 1. The molecule has 1 aliphatic carbocycles. The average Bonchev–Trinajstić information content (AvgIpc) is 2.85. The number of likely N-dealkylation sites (N-methyl/N-ethyl adjacent to an activating group) is 1. The number of benzene rings is 1. The molecule has 0 radical (unpaired) electrons. The summed E-state index contributed by atoms with van der Waals surface area (Å²) in [5.74, 6) is -0.0144. The number of carbonyl (C=O) groups is 2. The van der Waals surface area contributed by atoms with E-state index in [1.54, 1.807) is 12.1 Å². The number of nitrogens with zero attached hydrogens (tertiary/aromatic N) is 3. The molecule has 2 N–H and O–H groups in total. The van der Waals surface area contributed by atoms with Gasteiger partial charge in [0, 0.05) is 18.5 Å². The lowest BCUT2D eigenvalue weighted by atomic mass is 9.79. The number of hydrogen-bond donors (Lipinski definition) is 2. The first-order valence-corrected chi connectivity index (χ1v) is 9.16. The third-order valence-corrected chi connectivity index (χ3v) is 5.86. The Bertz CT molecular complexity index is 913. The molecule has 1 aromatic carbocycles. The van der Waals surface area contributed by atoms with Crippen LogP contribution in [0.2, 0.25) is 0 Å². The molecule has 4 rings (SSSR count). The quantitative estimate of drug-likeness (QED) is 0.727. The minimum Gasteiger partial charge on any atom is -0.367 e. The van der Waals surface area contributed by atoms with E-state index in [1.807, 2.05) is 0 Å². The van der Waals surface area contributed by atoms with Gasteiger partial charge < -0.3 is 10.6 Å². The summed E-state index contributed by atoms with van der Waals surface area (Å²) < 4.78 is 14.6. The predicted molar refractivity (Wildman–Crippen MR) is 97.1 cm³/mol. The largest absolute Gasteiger partial charge is 0.367 e. The molecule has 2 heterocycles. The Kier molecular flexibility index (Phi) is 4.06. The molecule has 2 aromatic rings. The second-order valence-corrected chi connectivity index (χ2v) is 7.63. The molecule has 1 saturated carbocycles. The van der Waals surface area contributed by atoms with Crippen LogP contribution in [0.25, 0.3) is 10.9 Å². The van der Waals surface area contributed by atoms with E-state index in [2.05, 4.69) is 36.5 Å². The maximum atomic E-state index is 14.2. The normalized spacial score (nSPS) is 25.8. The van der Waals surface area contributed by atoms with Crippen LogP contribution in [-0.2, 0) is 4.79 Å². The molecule has 7 nitrogen and oxygen atoms in total. The fraction of sp³-hybridized carbons (Fsp3) is 0.412. The topological polar surface area (TPSA) is 87.2 Å². The first-order valence-electron chi connectivity index (χ1n) is 8.37. The first-order chi connectivity index (χ1) is 12.4. The van der Waals surface area contributed by atoms with Crippen LogP contribution in [0.15, 0.2) is 22.9 Å². The Morgan fingerprint density at radius 2 is 2.04 bits per heavy atom. The smallest absolute Gasteiger partial charge is 0.324 e. The van der Waals surface area contributed by atoms with Crippen molar-refractivity contribution in [2.45, 2.75) is 37.3 Å². The van der Waals surface area contributed by atoms with Crippen LogP contribution in [-0.4, -0.2) is 45.4 Å². The fourth-order valence-electron chi connectivity index (χ4n) is 3.73. The van der Waals surface area contributed by atoms with Crippen molar-refractivity contribution in [1.29, 1.82) is 0 Å². The molecule has 2 fully saturated rings. The fourth-order valence-corrected chi connectivity index (χ4v) is 4.05. The zero-order valence-corrected chi connectivity index (χ0v) is 15.6. The van der Waals surface area contributed by atoms with Crippen LogP contribution in [0.4, 0.5) is 15.0 Å². The minimum atomic E-state index is -0.783. The van der Waals surface area contributed by atoms with Crippen LogP contribution in [0.1, 0.15) is 25.7 Å². The third-order valence-electron chi connectivity index (χ3n) is 5.24. The molecule has 1 aromatic heterocycles. The van der Waals surface area contributed by atoms with Gasteiger partial charge >= 0.3 is 6.03 Å². The van der Waals surface area contributed by atoms with Crippen LogP contribution in [0, 0.1) is 5.82 Å². The van der Waals surface area contributed by atoms with Crippen molar-refractivity contribution in [3.05, 3.63) is 28.7 Å². The van der Waals surface area contributed by atoms with Crippen molar-refractivity contribution in [3.63, 3.8) is 0 Å². The molecule has 1 saturated heterocycles. The lowest BCUT2D eigenvalue weighted by Gasteiger charge is -2.35. The summed E-state index contributed by atoms with van der Waals surface area (Å²) in [6.07, 6.45) is 3.85. The SMILES string of the molecule is CN1C(=O)NC2(CCC(Nc3ncnc4c(F)c(Br)ccc34)CC2)C1=O. The Morgan fingerprint density at radius 1 is 1.31 bits per heavy atom. The highest BCUT2D eigenvalue weighted by Gasteiger charge is 2.51. The van der Waals surface area contributed by atoms with Gasteiger partial charge in [0.15, 0.2) is 5.82 Å². The maximum absolute atomic E-state index is 14.2. The van der Waals surface area contributed by atoms with Crippen molar-refractivity contribution in [2.75, 3.05) is 12.4 Å². The highest BCUT2D eigenvalue weighted by atomic mass is 79.9. The van der Waals surface area contributed by atoms with Gasteiger partial charge in [0.05, 0.1) is 4.47 Å². The van der Waals surface area contributed by atoms with Gasteiger partial charge in [0.1, 0.15) is 23.2 Å². The van der Waals surface area contributed by atoms with E-state index in [1.165, 1.54) is 13.4 Å². The first kappa shape index (κ1) is 17.1. The molecule has 9 heteroatoms. The van der Waals surface area contributed by atoms with Crippen molar-refractivity contribution < 1.29 is 14.0 Å². The molecule has 0 bridgehead atoms. The molecule has 26 heavy (non-hydrogen) atoms. The van der Waals surface area contributed by atoms with Gasteiger partial charge in [0.2, 0.25) is 0 Å². The summed E-state index contributed by atoms with van der Waals surface area (Å²) in [6.45, 7) is 0. The number of halogens is 2. The number of amides is 3. The third kappa shape index (κ3) is 2.61. The van der Waals surface area contributed by atoms with Gasteiger partial charge in [-0.25, -0.2) is 19.2 Å². The summed E-state index contributed by atoms with van der Waals surface area (Å²) in [5.41, 5.74) is -0.529. The van der Waals surface area contributed by atoms with Crippen LogP contribution in [0.3, 0.4) is 0 Å². The zero-order valence-electron chi connectivity index (χ0n) is 14.1. The van der Waals surface area contributed by atoms with Crippen molar-refractivity contribution in [3.8, 4) is 0 Å². The molecule has 0 atom stereocenters. The Hall–Kier alpha value is -2.29. The molecule has 1 aliphatic heterocycles. The summed E-state index contributed by atoms with van der Waals surface area (Å²) in [4.78, 5) is 33.5. The number of imide groups is 1.